The number of rotatable bonds is 68. The molecule has 2 unspecified atom stereocenters. The van der Waals surface area contributed by atoms with Crippen LogP contribution < -0.4 is 5.73 Å². The van der Waals surface area contributed by atoms with Crippen LogP contribution in [0.1, 0.15) is 322 Å². The fraction of sp³-hybridized carbons (Fsp3) is 0.696. The van der Waals surface area contributed by atoms with Crippen LogP contribution in [0.15, 0.2) is 134 Å². The second-order valence-corrected chi connectivity index (χ2v) is 25.5. The number of nitrogens with two attached hydrogens (primary N) is 1. The maximum atomic E-state index is 12.8. The number of allylic oxidation sites excluding steroid dienone is 22. The monoisotopic (exact) mass is 1260 g/mol. The molecule has 0 aliphatic heterocycles. The number of carbonyl (C=O) groups is 2. The van der Waals surface area contributed by atoms with Gasteiger partial charge in [-0.2, -0.15) is 0 Å². The topological polar surface area (TPSA) is 134 Å². The summed E-state index contributed by atoms with van der Waals surface area (Å²) in [5, 5.41) is 0. The van der Waals surface area contributed by atoms with Gasteiger partial charge in [0.25, 0.3) is 0 Å². The van der Waals surface area contributed by atoms with Gasteiger partial charge >= 0.3 is 19.8 Å². The lowest BCUT2D eigenvalue weighted by molar-refractivity contribution is -0.161. The van der Waals surface area contributed by atoms with Crippen LogP contribution in [0.25, 0.3) is 0 Å². The molecule has 0 aromatic rings. The molecule has 2 atom stereocenters. The van der Waals surface area contributed by atoms with E-state index in [9.17, 15) is 19.0 Å². The van der Waals surface area contributed by atoms with Crippen LogP contribution in [0.2, 0.25) is 0 Å². The van der Waals surface area contributed by atoms with Crippen molar-refractivity contribution in [2.24, 2.45) is 5.73 Å². The fourth-order valence-electron chi connectivity index (χ4n) is 10.1. The van der Waals surface area contributed by atoms with E-state index < -0.39 is 26.5 Å². The van der Waals surface area contributed by atoms with Crippen molar-refractivity contribution in [2.45, 2.75) is 328 Å². The molecule has 0 saturated carbocycles. The standard InChI is InChI=1S/C79H136NO8P/c1-3-5-7-9-11-13-15-17-19-21-23-25-27-29-31-33-35-37-38-40-42-44-46-48-50-52-54-56-58-60-62-64-66-68-70-72-79(82)88-77(76-87-89(83,84)86-74-73-80)75-85-78(81)71-69-67-65-63-61-59-57-55-53-51-49-47-45-43-41-39-36-34-32-30-28-26-24-22-20-18-16-14-12-10-8-6-4-2/h5,7,11,13,16-19,22-25,29,31,35,37,40,42,46,48,52,54,77H,3-4,6,8-10,12,14-15,20-21,26-28,30,32-34,36,38-39,41,43-45,47,49-51,53,55-76,80H2,1-2H3,(H,83,84)/b7-5-,13-11-,18-16-,19-17-,24-22-,25-23-,31-29-,37-35-,42-40-,48-46-,54-52-. The predicted molar refractivity (Wildman–Crippen MR) is 385 cm³/mol. The van der Waals surface area contributed by atoms with Gasteiger partial charge in [0.15, 0.2) is 6.10 Å². The first kappa shape index (κ1) is 85.2. The Hall–Kier alpha value is -3.85. The Balaban J connectivity index is 3.92. The number of ether oxygens (including phenoxy) is 2. The van der Waals surface area contributed by atoms with Gasteiger partial charge in [-0.25, -0.2) is 4.57 Å². The third-order valence-electron chi connectivity index (χ3n) is 15.5. The molecule has 510 valence electrons. The van der Waals surface area contributed by atoms with Crippen molar-refractivity contribution < 1.29 is 37.6 Å². The van der Waals surface area contributed by atoms with Gasteiger partial charge in [0, 0.05) is 19.4 Å². The molecule has 9 nitrogen and oxygen atoms in total. The zero-order valence-corrected chi connectivity index (χ0v) is 58.3. The summed E-state index contributed by atoms with van der Waals surface area (Å²) in [5.41, 5.74) is 5.41. The van der Waals surface area contributed by atoms with Gasteiger partial charge in [-0.15, -0.1) is 0 Å². The molecule has 0 aromatic heterocycles. The molecular weight excluding hydrogens is 1120 g/mol. The lowest BCUT2D eigenvalue weighted by Gasteiger charge is -2.19. The zero-order chi connectivity index (χ0) is 64.4. The SMILES string of the molecule is CC/C=C\C/C=C\C/C=C\C/C=C\C/C=C\C/C=C\C/C=C\C/C=C\C/C=C\CCCCCCCCCC(=O)OC(COC(=O)CCCCCCCCCCCCCCCCCCCCCCC/C=C\C/C=C\CCCCCCC)COP(=O)(O)OCCN. The molecule has 0 aliphatic carbocycles. The summed E-state index contributed by atoms with van der Waals surface area (Å²) in [6.07, 6.45) is 104. The Bertz CT molecular complexity index is 1920. The normalized spacial score (nSPS) is 13.7. The largest absolute Gasteiger partial charge is 0.472 e. The summed E-state index contributed by atoms with van der Waals surface area (Å²) >= 11 is 0. The van der Waals surface area contributed by atoms with Crippen LogP contribution >= 0.6 is 7.82 Å². The molecule has 0 aliphatic rings. The van der Waals surface area contributed by atoms with Crippen molar-refractivity contribution in [2.75, 3.05) is 26.4 Å². The highest BCUT2D eigenvalue weighted by Gasteiger charge is 2.26. The summed E-state index contributed by atoms with van der Waals surface area (Å²) in [5.74, 6) is -0.837. The maximum Gasteiger partial charge on any atom is 0.472 e. The van der Waals surface area contributed by atoms with E-state index in [4.69, 9.17) is 24.3 Å². The van der Waals surface area contributed by atoms with Crippen LogP contribution in [0.5, 0.6) is 0 Å². The van der Waals surface area contributed by atoms with Crippen molar-refractivity contribution in [1.29, 1.82) is 0 Å². The van der Waals surface area contributed by atoms with Crippen molar-refractivity contribution in [1.82, 2.24) is 0 Å². The fourth-order valence-corrected chi connectivity index (χ4v) is 10.9. The van der Waals surface area contributed by atoms with Crippen molar-refractivity contribution in [3.63, 3.8) is 0 Å². The molecule has 0 heterocycles. The van der Waals surface area contributed by atoms with E-state index in [1.807, 2.05) is 0 Å². The molecule has 0 amide bonds. The summed E-state index contributed by atoms with van der Waals surface area (Å²) in [7, 11) is -4.41. The first-order valence-electron chi connectivity index (χ1n) is 36.7. The number of esters is 2. The smallest absolute Gasteiger partial charge is 0.462 e. The van der Waals surface area contributed by atoms with E-state index in [2.05, 4.69) is 148 Å². The van der Waals surface area contributed by atoms with E-state index in [0.717, 1.165) is 109 Å². The van der Waals surface area contributed by atoms with Crippen molar-refractivity contribution in [3.05, 3.63) is 134 Å². The van der Waals surface area contributed by atoms with E-state index in [0.29, 0.717) is 6.42 Å². The molecule has 0 bridgehead atoms. The minimum absolute atomic E-state index is 0.0463. The number of phosphoric ester groups is 1. The first-order valence-corrected chi connectivity index (χ1v) is 38.2. The lowest BCUT2D eigenvalue weighted by atomic mass is 10.0. The molecule has 0 saturated heterocycles. The van der Waals surface area contributed by atoms with Crippen LogP contribution in [0, 0.1) is 0 Å². The molecular formula is C79H136NO8P. The molecule has 0 aromatic carbocycles. The van der Waals surface area contributed by atoms with Gasteiger partial charge in [-0.05, 0) is 116 Å². The highest BCUT2D eigenvalue weighted by molar-refractivity contribution is 7.47. The zero-order valence-electron chi connectivity index (χ0n) is 57.4. The molecule has 0 spiro atoms. The van der Waals surface area contributed by atoms with Gasteiger partial charge in [0.2, 0.25) is 0 Å². The molecule has 89 heavy (non-hydrogen) atoms. The van der Waals surface area contributed by atoms with Crippen LogP contribution in [0.4, 0.5) is 0 Å². The average Bonchev–Trinajstić information content (AvgIpc) is 3.66. The van der Waals surface area contributed by atoms with E-state index in [-0.39, 0.29) is 38.6 Å². The highest BCUT2D eigenvalue weighted by Crippen LogP contribution is 2.43. The Morgan fingerprint density at radius 1 is 0.348 bits per heavy atom. The third kappa shape index (κ3) is 73.1. The quantitative estimate of drug-likeness (QED) is 0.0264. The summed E-state index contributed by atoms with van der Waals surface area (Å²) in [6, 6.07) is 0. The van der Waals surface area contributed by atoms with Gasteiger partial charge in [-0.1, -0.05) is 327 Å². The predicted octanol–water partition coefficient (Wildman–Crippen LogP) is 24.4. The number of phosphoric acid groups is 1. The van der Waals surface area contributed by atoms with Crippen LogP contribution in [-0.4, -0.2) is 49.3 Å². The number of hydrogen-bond donors (Lipinski definition) is 2. The van der Waals surface area contributed by atoms with E-state index in [1.165, 1.54) is 180 Å². The van der Waals surface area contributed by atoms with Crippen LogP contribution in [-0.2, 0) is 32.7 Å². The Labute approximate surface area is 548 Å². The molecule has 10 heteroatoms. The van der Waals surface area contributed by atoms with Gasteiger partial charge in [-0.3, -0.25) is 18.6 Å². The van der Waals surface area contributed by atoms with Gasteiger partial charge in [0.05, 0.1) is 13.2 Å². The minimum Gasteiger partial charge on any atom is -0.462 e. The first-order chi connectivity index (χ1) is 43.8. The lowest BCUT2D eigenvalue weighted by Crippen LogP contribution is -2.29. The van der Waals surface area contributed by atoms with Crippen molar-refractivity contribution >= 4 is 19.8 Å². The average molecular weight is 1260 g/mol. The third-order valence-corrected chi connectivity index (χ3v) is 16.5. The second-order valence-electron chi connectivity index (χ2n) is 24.1. The molecule has 0 rings (SSSR count). The Morgan fingerprint density at radius 2 is 0.618 bits per heavy atom. The van der Waals surface area contributed by atoms with E-state index >= 15 is 0 Å². The van der Waals surface area contributed by atoms with Gasteiger partial charge in [0.1, 0.15) is 6.61 Å². The minimum atomic E-state index is -4.41. The van der Waals surface area contributed by atoms with E-state index in [1.54, 1.807) is 0 Å². The maximum absolute atomic E-state index is 12.8. The highest BCUT2D eigenvalue weighted by atomic mass is 31.2. The number of carbonyl (C=O) groups excluding carboxylic acids is 2. The molecule has 0 fully saturated rings. The Morgan fingerprint density at radius 3 is 0.921 bits per heavy atom. The summed E-state index contributed by atoms with van der Waals surface area (Å²) in [6.45, 7) is 3.63. The number of unbranched alkanes of at least 4 members (excludes halogenated alkanes) is 33. The molecule has 3 N–H and O–H groups in total. The number of hydrogen-bond acceptors (Lipinski definition) is 8. The summed E-state index contributed by atoms with van der Waals surface area (Å²) < 4.78 is 33.2. The summed E-state index contributed by atoms with van der Waals surface area (Å²) in [4.78, 5) is 35.4. The van der Waals surface area contributed by atoms with Crippen LogP contribution in [0.3, 0.4) is 0 Å². The molecule has 0 radical (unpaired) electrons. The van der Waals surface area contributed by atoms with Crippen molar-refractivity contribution in [3.8, 4) is 0 Å². The van der Waals surface area contributed by atoms with Gasteiger partial charge < -0.3 is 20.1 Å². The second kappa shape index (κ2) is 73.2. The Kier molecular flexibility index (Phi) is 70.0.